The zero-order chi connectivity index (χ0) is 20.1. The summed E-state index contributed by atoms with van der Waals surface area (Å²) in [7, 11) is 0. The smallest absolute Gasteiger partial charge is 0.257 e. The average Bonchev–Trinajstić information content (AvgIpc) is 3.23. The third-order valence-electron chi connectivity index (χ3n) is 4.13. The number of hydrogen-bond acceptors (Lipinski definition) is 5. The van der Waals surface area contributed by atoms with Crippen LogP contribution in [-0.4, -0.2) is 10.9 Å². The van der Waals surface area contributed by atoms with E-state index in [4.69, 9.17) is 10.00 Å². The summed E-state index contributed by atoms with van der Waals surface area (Å²) in [4.78, 5) is 16.8. The monoisotopic (exact) mass is 397 g/mol. The first kappa shape index (κ1) is 18.4. The summed E-state index contributed by atoms with van der Waals surface area (Å²) < 4.78 is 5.80. The molecule has 0 radical (unpaired) electrons. The Kier molecular flexibility index (Phi) is 5.32. The van der Waals surface area contributed by atoms with Crippen LogP contribution in [0.1, 0.15) is 15.9 Å². The van der Waals surface area contributed by atoms with Crippen molar-refractivity contribution < 1.29 is 9.53 Å². The molecule has 1 amide bonds. The van der Waals surface area contributed by atoms with E-state index in [-0.39, 0.29) is 5.91 Å². The molecule has 0 saturated heterocycles. The van der Waals surface area contributed by atoms with Gasteiger partial charge in [0.05, 0.1) is 17.3 Å². The van der Waals surface area contributed by atoms with Crippen molar-refractivity contribution in [3.8, 4) is 28.8 Å². The van der Waals surface area contributed by atoms with Crippen molar-refractivity contribution in [1.82, 2.24) is 4.98 Å². The number of benzene rings is 3. The molecule has 0 aliphatic rings. The van der Waals surface area contributed by atoms with E-state index in [9.17, 15) is 4.79 Å². The number of aromatic nitrogens is 1. The summed E-state index contributed by atoms with van der Waals surface area (Å²) >= 11 is 1.36. The molecular formula is C23H15N3O2S. The summed E-state index contributed by atoms with van der Waals surface area (Å²) in [6.45, 7) is 0. The number of nitrogens with one attached hydrogen (secondary N) is 1. The molecule has 1 aromatic heterocycles. The van der Waals surface area contributed by atoms with Gasteiger partial charge in [0.15, 0.2) is 5.13 Å². The lowest BCUT2D eigenvalue weighted by molar-refractivity contribution is 0.102. The Bertz CT molecular complexity index is 1160. The van der Waals surface area contributed by atoms with Gasteiger partial charge in [0.25, 0.3) is 5.91 Å². The van der Waals surface area contributed by atoms with Crippen molar-refractivity contribution in [3.05, 3.63) is 95.4 Å². The SMILES string of the molecule is N#Cc1ccc(C(=O)Nc2nc(-c3ccc(Oc4ccccc4)cc3)cs2)cc1. The minimum Gasteiger partial charge on any atom is -0.457 e. The Balaban J connectivity index is 1.43. The van der Waals surface area contributed by atoms with Crippen LogP contribution in [-0.2, 0) is 0 Å². The number of ether oxygens (including phenoxy) is 1. The van der Waals surface area contributed by atoms with Crippen molar-refractivity contribution in [1.29, 1.82) is 5.26 Å². The van der Waals surface area contributed by atoms with Crippen LogP contribution in [0.2, 0.25) is 0 Å². The van der Waals surface area contributed by atoms with Gasteiger partial charge in [-0.3, -0.25) is 10.1 Å². The van der Waals surface area contributed by atoms with Crippen LogP contribution in [0.25, 0.3) is 11.3 Å². The molecule has 140 valence electrons. The zero-order valence-corrected chi connectivity index (χ0v) is 16.0. The Morgan fingerprint density at radius 2 is 1.62 bits per heavy atom. The summed E-state index contributed by atoms with van der Waals surface area (Å²) in [5, 5.41) is 14.0. The van der Waals surface area contributed by atoms with Gasteiger partial charge in [-0.15, -0.1) is 11.3 Å². The third-order valence-corrected chi connectivity index (χ3v) is 4.89. The van der Waals surface area contributed by atoms with Crippen molar-refractivity contribution in [2.75, 3.05) is 5.32 Å². The summed E-state index contributed by atoms with van der Waals surface area (Å²) in [5.41, 5.74) is 2.69. The molecule has 0 aliphatic heterocycles. The number of carbonyl (C=O) groups is 1. The van der Waals surface area contributed by atoms with E-state index in [1.165, 1.54) is 11.3 Å². The fraction of sp³-hybridized carbons (Fsp3) is 0. The average molecular weight is 397 g/mol. The van der Waals surface area contributed by atoms with E-state index in [1.807, 2.05) is 66.0 Å². The van der Waals surface area contributed by atoms with Crippen molar-refractivity contribution >= 4 is 22.4 Å². The van der Waals surface area contributed by atoms with Gasteiger partial charge >= 0.3 is 0 Å². The number of thiazole rings is 1. The Morgan fingerprint density at radius 3 is 2.31 bits per heavy atom. The zero-order valence-electron chi connectivity index (χ0n) is 15.2. The molecule has 0 spiro atoms. The number of amides is 1. The van der Waals surface area contributed by atoms with Crippen molar-refractivity contribution in [2.45, 2.75) is 0 Å². The van der Waals surface area contributed by atoms with E-state index < -0.39 is 0 Å². The highest BCUT2D eigenvalue weighted by Crippen LogP contribution is 2.28. The molecule has 6 heteroatoms. The molecule has 0 atom stereocenters. The molecule has 4 aromatic rings. The first-order chi connectivity index (χ1) is 14.2. The van der Waals surface area contributed by atoms with Crippen LogP contribution in [0, 0.1) is 11.3 Å². The molecule has 0 bridgehead atoms. The molecular weight excluding hydrogens is 382 g/mol. The van der Waals surface area contributed by atoms with E-state index in [0.29, 0.717) is 16.3 Å². The lowest BCUT2D eigenvalue weighted by atomic mass is 10.1. The molecule has 29 heavy (non-hydrogen) atoms. The molecule has 0 fully saturated rings. The van der Waals surface area contributed by atoms with E-state index in [1.54, 1.807) is 24.3 Å². The van der Waals surface area contributed by atoms with Gasteiger partial charge in [-0.05, 0) is 60.7 Å². The van der Waals surface area contributed by atoms with E-state index in [2.05, 4.69) is 10.3 Å². The molecule has 0 aliphatic carbocycles. The number of carbonyl (C=O) groups excluding carboxylic acids is 1. The Morgan fingerprint density at radius 1 is 0.931 bits per heavy atom. The first-order valence-corrected chi connectivity index (χ1v) is 9.69. The van der Waals surface area contributed by atoms with Crippen LogP contribution in [0.4, 0.5) is 5.13 Å². The largest absolute Gasteiger partial charge is 0.457 e. The molecule has 5 nitrogen and oxygen atoms in total. The van der Waals surface area contributed by atoms with Gasteiger partial charge in [-0.25, -0.2) is 4.98 Å². The number of nitrogens with zero attached hydrogens (tertiary/aromatic N) is 2. The van der Waals surface area contributed by atoms with Gasteiger partial charge in [-0.2, -0.15) is 5.26 Å². The third kappa shape index (κ3) is 4.49. The van der Waals surface area contributed by atoms with Crippen molar-refractivity contribution in [3.63, 3.8) is 0 Å². The molecule has 1 heterocycles. The lowest BCUT2D eigenvalue weighted by Crippen LogP contribution is -2.11. The highest BCUT2D eigenvalue weighted by atomic mass is 32.1. The Hall–Kier alpha value is -3.95. The molecule has 4 rings (SSSR count). The molecule has 0 saturated carbocycles. The number of nitriles is 1. The minimum absolute atomic E-state index is 0.262. The highest BCUT2D eigenvalue weighted by Gasteiger charge is 2.10. The second kappa shape index (κ2) is 8.38. The number of para-hydroxylation sites is 1. The van der Waals surface area contributed by atoms with Gasteiger partial charge in [0.1, 0.15) is 11.5 Å². The quantitative estimate of drug-likeness (QED) is 0.467. The predicted octanol–water partition coefficient (Wildman–Crippen LogP) is 5.73. The van der Waals surface area contributed by atoms with Gasteiger partial charge < -0.3 is 4.74 Å². The molecule has 0 unspecified atom stereocenters. The van der Waals surface area contributed by atoms with Crippen LogP contribution in [0.3, 0.4) is 0 Å². The van der Waals surface area contributed by atoms with Crippen LogP contribution >= 0.6 is 11.3 Å². The maximum Gasteiger partial charge on any atom is 0.257 e. The molecule has 3 aromatic carbocycles. The maximum absolute atomic E-state index is 12.3. The number of hydrogen-bond donors (Lipinski definition) is 1. The number of anilines is 1. The number of rotatable bonds is 5. The fourth-order valence-electron chi connectivity index (χ4n) is 2.65. The second-order valence-electron chi connectivity index (χ2n) is 6.12. The summed E-state index contributed by atoms with van der Waals surface area (Å²) in [6, 6.07) is 25.7. The molecule has 1 N–H and O–H groups in total. The second-order valence-corrected chi connectivity index (χ2v) is 6.98. The standard InChI is InChI=1S/C23H15N3O2S/c24-14-16-6-8-18(9-7-16)22(27)26-23-25-21(15-29-23)17-10-12-20(13-11-17)28-19-4-2-1-3-5-19/h1-13,15H,(H,25,26,27). The van der Waals surface area contributed by atoms with Gasteiger partial charge in [0, 0.05) is 16.5 Å². The minimum atomic E-state index is -0.262. The Labute approximate surface area is 171 Å². The van der Waals surface area contributed by atoms with E-state index in [0.717, 1.165) is 22.8 Å². The normalized spacial score (nSPS) is 10.2. The maximum atomic E-state index is 12.3. The fourth-order valence-corrected chi connectivity index (χ4v) is 3.36. The van der Waals surface area contributed by atoms with Crippen LogP contribution in [0.15, 0.2) is 84.2 Å². The van der Waals surface area contributed by atoms with Crippen LogP contribution in [0.5, 0.6) is 11.5 Å². The highest BCUT2D eigenvalue weighted by molar-refractivity contribution is 7.14. The first-order valence-electron chi connectivity index (χ1n) is 8.82. The lowest BCUT2D eigenvalue weighted by Gasteiger charge is -2.05. The summed E-state index contributed by atoms with van der Waals surface area (Å²) in [5.74, 6) is 1.26. The topological polar surface area (TPSA) is 75.0 Å². The summed E-state index contributed by atoms with van der Waals surface area (Å²) in [6.07, 6.45) is 0. The predicted molar refractivity (Wildman–Crippen MR) is 113 cm³/mol. The van der Waals surface area contributed by atoms with Crippen LogP contribution < -0.4 is 10.1 Å². The van der Waals surface area contributed by atoms with E-state index >= 15 is 0 Å². The van der Waals surface area contributed by atoms with Gasteiger partial charge in [-0.1, -0.05) is 18.2 Å². The van der Waals surface area contributed by atoms with Gasteiger partial charge in [0.2, 0.25) is 0 Å². The van der Waals surface area contributed by atoms with Crippen molar-refractivity contribution in [2.24, 2.45) is 0 Å².